The number of rotatable bonds is 4. The van der Waals surface area contributed by atoms with Gasteiger partial charge in [-0.1, -0.05) is 12.1 Å². The van der Waals surface area contributed by atoms with Gasteiger partial charge in [-0.25, -0.2) is 9.18 Å². The maximum atomic E-state index is 13.2. The Morgan fingerprint density at radius 2 is 1.81 bits per heavy atom. The van der Waals surface area contributed by atoms with E-state index >= 15 is 0 Å². The maximum Gasteiger partial charge on any atom is 0.340 e. The fourth-order valence-electron chi connectivity index (χ4n) is 3.70. The Labute approximate surface area is 178 Å². The summed E-state index contributed by atoms with van der Waals surface area (Å²) in [5.74, 6) is -1.81. The van der Waals surface area contributed by atoms with Crippen molar-refractivity contribution < 1.29 is 23.5 Å². The number of halogens is 1. The average Bonchev–Trinajstić information content (AvgIpc) is 3.06. The molecule has 0 atom stereocenters. The highest BCUT2D eigenvalue weighted by Gasteiger charge is 2.28. The lowest BCUT2D eigenvalue weighted by Gasteiger charge is -2.28. The first-order chi connectivity index (χ1) is 14.8. The van der Waals surface area contributed by atoms with Crippen molar-refractivity contribution in [3.63, 3.8) is 0 Å². The first-order valence-corrected chi connectivity index (χ1v) is 9.66. The minimum Gasteiger partial charge on any atom is -0.452 e. The molecule has 0 unspecified atom stereocenters. The number of hydrogen-bond donors (Lipinski definition) is 1. The lowest BCUT2D eigenvalue weighted by molar-refractivity contribution is -0.124. The van der Waals surface area contributed by atoms with Gasteiger partial charge in [-0.2, -0.15) is 0 Å². The number of para-hydroxylation sites is 2. The number of hydrogen-bond acceptors (Lipinski definition) is 4. The van der Waals surface area contributed by atoms with Crippen molar-refractivity contribution in [2.24, 2.45) is 0 Å². The number of benzene rings is 2. The minimum atomic E-state index is -0.649. The van der Waals surface area contributed by atoms with Gasteiger partial charge in [0.15, 0.2) is 6.61 Å². The van der Waals surface area contributed by atoms with Crippen LogP contribution in [0.25, 0.3) is 5.69 Å². The molecule has 2 aromatic carbocycles. The van der Waals surface area contributed by atoms with Gasteiger partial charge in [0.1, 0.15) is 12.4 Å². The Kier molecular flexibility index (Phi) is 5.29. The Bertz CT molecular complexity index is 1180. The van der Waals surface area contributed by atoms with E-state index < -0.39 is 18.5 Å². The quantitative estimate of drug-likeness (QED) is 0.655. The van der Waals surface area contributed by atoms with Gasteiger partial charge < -0.3 is 14.6 Å². The van der Waals surface area contributed by atoms with E-state index in [-0.39, 0.29) is 18.3 Å². The molecule has 0 spiro atoms. The first kappa shape index (κ1) is 20.3. The lowest BCUT2D eigenvalue weighted by atomic mass is 10.2. The molecular formula is C23H20FN3O4. The molecule has 0 aliphatic carbocycles. The van der Waals surface area contributed by atoms with Gasteiger partial charge >= 0.3 is 5.97 Å². The van der Waals surface area contributed by atoms with Crippen LogP contribution < -0.4 is 10.2 Å². The highest BCUT2D eigenvalue weighted by atomic mass is 19.1. The Morgan fingerprint density at radius 3 is 2.55 bits per heavy atom. The molecule has 7 nitrogen and oxygen atoms in total. The van der Waals surface area contributed by atoms with Crippen molar-refractivity contribution in [3.05, 3.63) is 77.4 Å². The average molecular weight is 421 g/mol. The largest absolute Gasteiger partial charge is 0.452 e. The predicted octanol–water partition coefficient (Wildman–Crippen LogP) is 3.38. The number of nitrogens with one attached hydrogen (secondary N) is 1. The Balaban J connectivity index is 1.50. The molecule has 1 aliphatic heterocycles. The summed E-state index contributed by atoms with van der Waals surface area (Å²) >= 11 is 0. The highest BCUT2D eigenvalue weighted by molar-refractivity contribution is 6.10. The van der Waals surface area contributed by atoms with E-state index in [2.05, 4.69) is 5.32 Å². The van der Waals surface area contributed by atoms with E-state index in [0.717, 1.165) is 5.69 Å². The molecule has 1 aromatic heterocycles. The summed E-state index contributed by atoms with van der Waals surface area (Å²) in [5, 5.41) is 2.70. The van der Waals surface area contributed by atoms with E-state index in [1.54, 1.807) is 49.4 Å². The summed E-state index contributed by atoms with van der Waals surface area (Å²) < 4.78 is 20.3. The van der Waals surface area contributed by atoms with Crippen molar-refractivity contribution in [3.8, 4) is 5.69 Å². The Morgan fingerprint density at radius 1 is 1.10 bits per heavy atom. The third-order valence-corrected chi connectivity index (χ3v) is 5.13. The number of esters is 1. The standard InChI is InChI=1S/C23H20FN3O4/c1-14-11-18(15(2)27(14)17-9-7-16(24)8-10-17)23(30)31-13-22(29)26-12-21(28)25-19-5-3-4-6-20(19)26/h3-11H,12-13H2,1-2H3,(H,25,28). The highest BCUT2D eigenvalue weighted by Crippen LogP contribution is 2.29. The van der Waals surface area contributed by atoms with Crippen LogP contribution in [0.15, 0.2) is 54.6 Å². The van der Waals surface area contributed by atoms with Crippen molar-refractivity contribution in [2.75, 3.05) is 23.4 Å². The molecule has 0 radical (unpaired) electrons. The smallest absolute Gasteiger partial charge is 0.340 e. The van der Waals surface area contributed by atoms with Gasteiger partial charge in [0.2, 0.25) is 5.91 Å². The van der Waals surface area contributed by atoms with Crippen LogP contribution in [0, 0.1) is 19.7 Å². The van der Waals surface area contributed by atoms with Crippen LogP contribution >= 0.6 is 0 Å². The summed E-state index contributed by atoms with van der Waals surface area (Å²) in [6, 6.07) is 14.5. The van der Waals surface area contributed by atoms with Crippen molar-refractivity contribution in [2.45, 2.75) is 13.8 Å². The zero-order valence-electron chi connectivity index (χ0n) is 17.0. The summed E-state index contributed by atoms with van der Waals surface area (Å²) in [7, 11) is 0. The van der Waals surface area contributed by atoms with Crippen LogP contribution in [0.5, 0.6) is 0 Å². The van der Waals surface area contributed by atoms with Gasteiger partial charge in [0, 0.05) is 17.1 Å². The zero-order chi connectivity index (χ0) is 22.1. The second kappa shape index (κ2) is 8.06. The minimum absolute atomic E-state index is 0.146. The van der Waals surface area contributed by atoms with Gasteiger partial charge in [-0.15, -0.1) is 0 Å². The fraction of sp³-hybridized carbons (Fsp3) is 0.174. The number of aromatic nitrogens is 1. The molecule has 0 bridgehead atoms. The van der Waals surface area contributed by atoms with Crippen molar-refractivity contribution in [1.29, 1.82) is 0 Å². The van der Waals surface area contributed by atoms with Gasteiger partial charge in [-0.05, 0) is 56.3 Å². The molecule has 4 rings (SSSR count). The summed E-state index contributed by atoms with van der Waals surface area (Å²) in [6.07, 6.45) is 0. The topological polar surface area (TPSA) is 80.6 Å². The van der Waals surface area contributed by atoms with E-state index in [0.29, 0.717) is 28.3 Å². The Hall–Kier alpha value is -3.94. The predicted molar refractivity (Wildman–Crippen MR) is 113 cm³/mol. The SMILES string of the molecule is Cc1cc(C(=O)OCC(=O)N2CC(=O)Nc3ccccc32)c(C)n1-c1ccc(F)cc1. The van der Waals surface area contributed by atoms with Crippen LogP contribution in [-0.4, -0.2) is 35.5 Å². The number of ether oxygens (including phenoxy) is 1. The molecule has 0 fully saturated rings. The van der Waals surface area contributed by atoms with Crippen LogP contribution in [0.4, 0.5) is 15.8 Å². The van der Waals surface area contributed by atoms with Crippen LogP contribution in [-0.2, 0) is 14.3 Å². The summed E-state index contributed by atoms with van der Waals surface area (Å²) in [5.41, 5.74) is 3.49. The molecule has 0 saturated heterocycles. The number of nitrogens with zero attached hydrogens (tertiary/aromatic N) is 2. The van der Waals surface area contributed by atoms with E-state index in [9.17, 15) is 18.8 Å². The number of anilines is 2. The third-order valence-electron chi connectivity index (χ3n) is 5.13. The summed E-state index contributed by atoms with van der Waals surface area (Å²) in [6.45, 7) is 2.93. The number of carbonyl (C=O) groups is 3. The van der Waals surface area contributed by atoms with E-state index in [1.165, 1.54) is 17.0 Å². The molecule has 1 N–H and O–H groups in total. The summed E-state index contributed by atoms with van der Waals surface area (Å²) in [4.78, 5) is 38.5. The third kappa shape index (κ3) is 3.92. The van der Waals surface area contributed by atoms with Gasteiger partial charge in [0.05, 0.1) is 16.9 Å². The molecule has 2 heterocycles. The van der Waals surface area contributed by atoms with Crippen molar-refractivity contribution >= 4 is 29.2 Å². The number of fused-ring (bicyclic) bond motifs is 1. The van der Waals surface area contributed by atoms with Crippen LogP contribution in [0.1, 0.15) is 21.7 Å². The van der Waals surface area contributed by atoms with Crippen LogP contribution in [0.2, 0.25) is 0 Å². The molecule has 2 amide bonds. The number of aryl methyl sites for hydroxylation is 1. The number of amides is 2. The molecule has 0 saturated carbocycles. The molecule has 31 heavy (non-hydrogen) atoms. The maximum absolute atomic E-state index is 13.2. The molecule has 8 heteroatoms. The van der Waals surface area contributed by atoms with Gasteiger partial charge in [0.25, 0.3) is 5.91 Å². The molecule has 3 aromatic rings. The second-order valence-corrected chi connectivity index (χ2v) is 7.22. The van der Waals surface area contributed by atoms with Crippen LogP contribution in [0.3, 0.4) is 0 Å². The normalized spacial score (nSPS) is 12.9. The zero-order valence-corrected chi connectivity index (χ0v) is 17.0. The molecular weight excluding hydrogens is 401 g/mol. The van der Waals surface area contributed by atoms with E-state index in [4.69, 9.17) is 4.74 Å². The lowest BCUT2D eigenvalue weighted by Crippen LogP contribution is -2.44. The van der Waals surface area contributed by atoms with Gasteiger partial charge in [-0.3, -0.25) is 14.5 Å². The van der Waals surface area contributed by atoms with Crippen molar-refractivity contribution in [1.82, 2.24) is 4.57 Å². The molecule has 158 valence electrons. The molecule has 1 aliphatic rings. The monoisotopic (exact) mass is 421 g/mol. The second-order valence-electron chi connectivity index (χ2n) is 7.22. The fourth-order valence-corrected chi connectivity index (χ4v) is 3.70. The van der Waals surface area contributed by atoms with E-state index in [1.807, 2.05) is 11.5 Å². The first-order valence-electron chi connectivity index (χ1n) is 9.66. The number of carbonyl (C=O) groups excluding carboxylic acids is 3.